The van der Waals surface area contributed by atoms with Crippen LogP contribution in [0, 0.1) is 12.8 Å². The van der Waals surface area contributed by atoms with E-state index in [4.69, 9.17) is 0 Å². The smallest absolute Gasteiger partial charge is 0.328 e. The van der Waals surface area contributed by atoms with Crippen molar-refractivity contribution in [3.8, 4) is 0 Å². The van der Waals surface area contributed by atoms with Crippen molar-refractivity contribution in [1.82, 2.24) is 14.7 Å². The zero-order chi connectivity index (χ0) is 16.3. The lowest BCUT2D eigenvalue weighted by Crippen LogP contribution is -2.39. The number of carboxylic acid groups (broad SMARTS) is 1. The maximum atomic E-state index is 12.2. The van der Waals surface area contributed by atoms with Crippen LogP contribution in [0.3, 0.4) is 0 Å². The van der Waals surface area contributed by atoms with E-state index < -0.39 is 12.0 Å². The standard InChI is InChI=1S/C16H25N3O3/c1-11(2)9-14(16(21)22)19-15(20)10-12(3)13(17-19)5-8-18-6-4-7-18/h10-11,14H,4-9H2,1-3H3,(H,21,22)/t14-/m0/s1. The Morgan fingerprint density at radius 3 is 2.59 bits per heavy atom. The monoisotopic (exact) mass is 307 g/mol. The summed E-state index contributed by atoms with van der Waals surface area (Å²) in [6.45, 7) is 8.89. The Kier molecular flexibility index (Phi) is 5.34. The van der Waals surface area contributed by atoms with Crippen LogP contribution in [0.4, 0.5) is 0 Å². The largest absolute Gasteiger partial charge is 0.480 e. The Balaban J connectivity index is 2.24. The lowest BCUT2D eigenvalue weighted by Gasteiger charge is -2.30. The second-order valence-electron chi connectivity index (χ2n) is 6.49. The highest BCUT2D eigenvalue weighted by molar-refractivity contribution is 5.71. The number of aromatic nitrogens is 2. The molecule has 0 saturated carbocycles. The molecular formula is C16H25N3O3. The fraction of sp³-hybridized carbons (Fsp3) is 0.688. The summed E-state index contributed by atoms with van der Waals surface area (Å²) in [4.78, 5) is 26.0. The minimum absolute atomic E-state index is 0.181. The van der Waals surface area contributed by atoms with Crippen molar-refractivity contribution in [1.29, 1.82) is 0 Å². The average molecular weight is 307 g/mol. The normalized spacial score (nSPS) is 16.5. The third-order valence-corrected chi connectivity index (χ3v) is 4.14. The highest BCUT2D eigenvalue weighted by Crippen LogP contribution is 2.16. The van der Waals surface area contributed by atoms with Crippen molar-refractivity contribution in [3.05, 3.63) is 27.7 Å². The number of hydrogen-bond donors (Lipinski definition) is 1. The van der Waals surface area contributed by atoms with Gasteiger partial charge in [-0.25, -0.2) is 9.48 Å². The number of carboxylic acids is 1. The van der Waals surface area contributed by atoms with Crippen LogP contribution < -0.4 is 5.56 Å². The van der Waals surface area contributed by atoms with Crippen molar-refractivity contribution >= 4 is 5.97 Å². The molecule has 0 unspecified atom stereocenters. The van der Waals surface area contributed by atoms with Crippen LogP contribution in [0.25, 0.3) is 0 Å². The summed E-state index contributed by atoms with van der Waals surface area (Å²) in [5.74, 6) is -0.818. The molecule has 2 heterocycles. The van der Waals surface area contributed by atoms with Gasteiger partial charge in [0.2, 0.25) is 0 Å². The third-order valence-electron chi connectivity index (χ3n) is 4.14. The number of aryl methyl sites for hydroxylation is 1. The van der Waals surface area contributed by atoms with E-state index in [1.165, 1.54) is 12.5 Å². The van der Waals surface area contributed by atoms with Crippen LogP contribution in [0.5, 0.6) is 0 Å². The summed E-state index contributed by atoms with van der Waals surface area (Å²) in [7, 11) is 0. The summed E-state index contributed by atoms with van der Waals surface area (Å²) < 4.78 is 1.15. The minimum atomic E-state index is -0.999. The Labute approximate surface area is 130 Å². The number of carbonyl (C=O) groups is 1. The zero-order valence-corrected chi connectivity index (χ0v) is 13.6. The molecule has 1 N–H and O–H groups in total. The van der Waals surface area contributed by atoms with Gasteiger partial charge in [-0.3, -0.25) is 4.79 Å². The van der Waals surface area contributed by atoms with Crippen molar-refractivity contribution in [2.75, 3.05) is 19.6 Å². The summed E-state index contributed by atoms with van der Waals surface area (Å²) in [5, 5.41) is 13.8. The maximum absolute atomic E-state index is 12.2. The van der Waals surface area contributed by atoms with Crippen LogP contribution in [0.2, 0.25) is 0 Å². The molecule has 1 aromatic rings. The van der Waals surface area contributed by atoms with Crippen molar-refractivity contribution < 1.29 is 9.90 Å². The minimum Gasteiger partial charge on any atom is -0.480 e. The van der Waals surface area contributed by atoms with E-state index >= 15 is 0 Å². The molecule has 6 nitrogen and oxygen atoms in total. The summed E-state index contributed by atoms with van der Waals surface area (Å²) in [6.07, 6.45) is 2.39. The lowest BCUT2D eigenvalue weighted by molar-refractivity contribution is -0.141. The quantitative estimate of drug-likeness (QED) is 0.825. The van der Waals surface area contributed by atoms with E-state index in [1.54, 1.807) is 0 Å². The van der Waals surface area contributed by atoms with Gasteiger partial charge in [0.15, 0.2) is 6.04 Å². The number of hydrogen-bond acceptors (Lipinski definition) is 4. The third kappa shape index (κ3) is 3.94. The van der Waals surface area contributed by atoms with Gasteiger partial charge in [-0.2, -0.15) is 5.10 Å². The SMILES string of the molecule is Cc1cc(=O)n([C@@H](CC(C)C)C(=O)O)nc1CCN1CCC1. The van der Waals surface area contributed by atoms with E-state index in [0.717, 1.165) is 42.0 Å². The molecule has 0 bridgehead atoms. The molecular weight excluding hydrogens is 282 g/mol. The van der Waals surface area contributed by atoms with Gasteiger partial charge in [-0.05, 0) is 44.3 Å². The van der Waals surface area contributed by atoms with Gasteiger partial charge in [-0.15, -0.1) is 0 Å². The first-order valence-electron chi connectivity index (χ1n) is 7.93. The molecule has 1 aliphatic rings. The number of likely N-dealkylation sites (tertiary alicyclic amines) is 1. The molecule has 0 radical (unpaired) electrons. The highest BCUT2D eigenvalue weighted by atomic mass is 16.4. The summed E-state index contributed by atoms with van der Waals surface area (Å²) in [5.41, 5.74) is 1.33. The molecule has 0 amide bonds. The second kappa shape index (κ2) is 7.05. The fourth-order valence-electron chi connectivity index (χ4n) is 2.68. The predicted molar refractivity (Wildman–Crippen MR) is 84.1 cm³/mol. The first kappa shape index (κ1) is 16.7. The molecule has 0 spiro atoms. The van der Waals surface area contributed by atoms with Crippen molar-refractivity contribution in [2.45, 2.75) is 46.1 Å². The van der Waals surface area contributed by atoms with Gasteiger partial charge in [0.1, 0.15) is 0 Å². The summed E-state index contributed by atoms with van der Waals surface area (Å²) >= 11 is 0. The average Bonchev–Trinajstić information content (AvgIpc) is 2.36. The second-order valence-corrected chi connectivity index (χ2v) is 6.49. The molecule has 1 fully saturated rings. The van der Waals surface area contributed by atoms with Crippen LogP contribution in [-0.2, 0) is 11.2 Å². The first-order valence-corrected chi connectivity index (χ1v) is 7.93. The Bertz CT molecular complexity index is 591. The van der Waals surface area contributed by atoms with Crippen LogP contribution >= 0.6 is 0 Å². The molecule has 1 atom stereocenters. The van der Waals surface area contributed by atoms with E-state index in [0.29, 0.717) is 6.42 Å². The van der Waals surface area contributed by atoms with Crippen molar-refractivity contribution in [3.63, 3.8) is 0 Å². The summed E-state index contributed by atoms with van der Waals surface area (Å²) in [6, 6.07) is 0.616. The Morgan fingerprint density at radius 2 is 2.09 bits per heavy atom. The number of rotatable bonds is 7. The molecule has 2 rings (SSSR count). The first-order chi connectivity index (χ1) is 10.4. The molecule has 0 aliphatic carbocycles. The highest BCUT2D eigenvalue weighted by Gasteiger charge is 2.24. The predicted octanol–water partition coefficient (Wildman–Crippen LogP) is 1.47. The lowest BCUT2D eigenvalue weighted by atomic mass is 10.0. The number of aliphatic carboxylic acids is 1. The Morgan fingerprint density at radius 1 is 1.41 bits per heavy atom. The molecule has 0 aromatic carbocycles. The van der Waals surface area contributed by atoms with E-state index in [-0.39, 0.29) is 11.5 Å². The molecule has 22 heavy (non-hydrogen) atoms. The van der Waals surface area contributed by atoms with Gasteiger partial charge in [0.05, 0.1) is 5.69 Å². The molecule has 122 valence electrons. The van der Waals surface area contributed by atoms with Gasteiger partial charge in [0, 0.05) is 19.0 Å². The van der Waals surface area contributed by atoms with E-state index in [1.807, 2.05) is 20.8 Å². The Hall–Kier alpha value is -1.69. The zero-order valence-electron chi connectivity index (χ0n) is 13.6. The maximum Gasteiger partial charge on any atom is 0.328 e. The van der Waals surface area contributed by atoms with Crippen LogP contribution in [0.15, 0.2) is 10.9 Å². The van der Waals surface area contributed by atoms with Crippen LogP contribution in [-0.4, -0.2) is 45.4 Å². The van der Waals surface area contributed by atoms with Gasteiger partial charge in [0.25, 0.3) is 5.56 Å². The molecule has 1 aromatic heterocycles. The number of nitrogens with zero attached hydrogens (tertiary/aromatic N) is 3. The molecule has 1 aliphatic heterocycles. The van der Waals surface area contributed by atoms with Gasteiger partial charge in [-0.1, -0.05) is 13.8 Å². The van der Waals surface area contributed by atoms with E-state index in [2.05, 4.69) is 10.00 Å². The van der Waals surface area contributed by atoms with Gasteiger partial charge < -0.3 is 10.0 Å². The van der Waals surface area contributed by atoms with Gasteiger partial charge >= 0.3 is 5.97 Å². The fourth-order valence-corrected chi connectivity index (χ4v) is 2.68. The van der Waals surface area contributed by atoms with E-state index in [9.17, 15) is 14.7 Å². The van der Waals surface area contributed by atoms with Crippen LogP contribution in [0.1, 0.15) is 44.0 Å². The molecule has 1 saturated heterocycles. The van der Waals surface area contributed by atoms with Crippen molar-refractivity contribution in [2.24, 2.45) is 5.92 Å². The molecule has 6 heteroatoms. The topological polar surface area (TPSA) is 75.4 Å².